The van der Waals surface area contributed by atoms with E-state index in [2.05, 4.69) is 5.32 Å². The number of nitrogens with two attached hydrogens (primary N) is 1. The molecular formula is C17H18N2O6S. The summed E-state index contributed by atoms with van der Waals surface area (Å²) in [7, 11) is -3.75. The fraction of sp³-hybridized carbons (Fsp3) is 0.176. The van der Waals surface area contributed by atoms with Crippen molar-refractivity contribution in [3.05, 3.63) is 60.2 Å². The number of carbonyl (C=O) groups excluding carboxylic acids is 2. The maximum atomic E-state index is 11.8. The molecule has 1 amide bonds. The lowest BCUT2D eigenvalue weighted by Crippen LogP contribution is -2.31. The summed E-state index contributed by atoms with van der Waals surface area (Å²) in [5, 5.41) is 7.45. The van der Waals surface area contributed by atoms with Gasteiger partial charge in [0.2, 0.25) is 10.0 Å². The molecule has 0 aliphatic rings. The van der Waals surface area contributed by atoms with E-state index in [-0.39, 0.29) is 30.6 Å². The molecule has 26 heavy (non-hydrogen) atoms. The molecule has 138 valence electrons. The zero-order valence-corrected chi connectivity index (χ0v) is 14.6. The Kier molecular flexibility index (Phi) is 6.70. The van der Waals surface area contributed by atoms with Gasteiger partial charge in [-0.1, -0.05) is 18.2 Å². The lowest BCUT2D eigenvalue weighted by molar-refractivity contribution is -0.143. The number of hydrogen-bond donors (Lipinski definition) is 2. The minimum Gasteiger partial charge on any atom is -0.490 e. The van der Waals surface area contributed by atoms with Crippen molar-refractivity contribution in [2.75, 3.05) is 19.8 Å². The monoisotopic (exact) mass is 378 g/mol. The van der Waals surface area contributed by atoms with Crippen molar-refractivity contribution in [1.29, 1.82) is 0 Å². The fourth-order valence-corrected chi connectivity index (χ4v) is 2.45. The van der Waals surface area contributed by atoms with Crippen molar-refractivity contribution in [2.45, 2.75) is 4.90 Å². The summed E-state index contributed by atoms with van der Waals surface area (Å²) >= 11 is 0. The van der Waals surface area contributed by atoms with E-state index in [0.717, 1.165) is 0 Å². The molecule has 0 unspecified atom stereocenters. The van der Waals surface area contributed by atoms with Crippen LogP contribution in [0.25, 0.3) is 0 Å². The van der Waals surface area contributed by atoms with E-state index in [1.807, 2.05) is 0 Å². The number of rotatable bonds is 8. The highest BCUT2D eigenvalue weighted by atomic mass is 32.2. The second-order valence-corrected chi connectivity index (χ2v) is 6.70. The summed E-state index contributed by atoms with van der Waals surface area (Å²) in [6, 6.07) is 14.0. The largest absolute Gasteiger partial charge is 0.490 e. The van der Waals surface area contributed by atoms with Crippen molar-refractivity contribution < 1.29 is 27.5 Å². The number of sulfonamides is 1. The Labute approximate surface area is 151 Å². The van der Waals surface area contributed by atoms with E-state index >= 15 is 0 Å². The molecule has 2 aromatic rings. The van der Waals surface area contributed by atoms with E-state index in [4.69, 9.17) is 14.6 Å². The van der Waals surface area contributed by atoms with Gasteiger partial charge in [-0.3, -0.25) is 9.59 Å². The lowest BCUT2D eigenvalue weighted by Gasteiger charge is -2.08. The Balaban J connectivity index is 1.66. The average molecular weight is 378 g/mol. The highest BCUT2D eigenvalue weighted by molar-refractivity contribution is 7.89. The first kappa shape index (κ1) is 19.4. The number of benzene rings is 2. The molecule has 9 heteroatoms. The Morgan fingerprint density at radius 3 is 2.23 bits per heavy atom. The maximum absolute atomic E-state index is 11.8. The summed E-state index contributed by atoms with van der Waals surface area (Å²) in [4.78, 5) is 23.3. The van der Waals surface area contributed by atoms with Crippen molar-refractivity contribution in [3.8, 4) is 5.75 Å². The van der Waals surface area contributed by atoms with Crippen molar-refractivity contribution in [2.24, 2.45) is 5.14 Å². The molecule has 0 atom stereocenters. The zero-order valence-electron chi connectivity index (χ0n) is 13.8. The first-order chi connectivity index (χ1) is 12.4. The van der Waals surface area contributed by atoms with Gasteiger partial charge >= 0.3 is 5.97 Å². The Morgan fingerprint density at radius 1 is 0.962 bits per heavy atom. The fourth-order valence-electron chi connectivity index (χ4n) is 1.94. The highest BCUT2D eigenvalue weighted by Crippen LogP contribution is 2.14. The van der Waals surface area contributed by atoms with E-state index in [1.54, 1.807) is 30.3 Å². The van der Waals surface area contributed by atoms with E-state index in [0.29, 0.717) is 11.3 Å². The van der Waals surface area contributed by atoms with Crippen LogP contribution in [0.2, 0.25) is 0 Å². The molecule has 0 heterocycles. The van der Waals surface area contributed by atoms with Gasteiger partial charge in [-0.05, 0) is 36.4 Å². The Morgan fingerprint density at radius 2 is 1.62 bits per heavy atom. The predicted octanol–water partition coefficient (Wildman–Crippen LogP) is 0.686. The number of esters is 1. The normalized spacial score (nSPS) is 10.8. The minimum atomic E-state index is -3.75. The third-order valence-corrected chi connectivity index (χ3v) is 4.13. The molecule has 0 aliphatic carbocycles. The van der Waals surface area contributed by atoms with Crippen LogP contribution in [0.15, 0.2) is 59.5 Å². The zero-order chi connectivity index (χ0) is 19.0. The summed E-state index contributed by atoms with van der Waals surface area (Å²) in [6.45, 7) is -0.194. The molecule has 0 saturated carbocycles. The predicted molar refractivity (Wildman–Crippen MR) is 93.0 cm³/mol. The molecule has 0 aromatic heterocycles. The van der Waals surface area contributed by atoms with E-state index in [1.165, 1.54) is 24.3 Å². The molecular weight excluding hydrogens is 360 g/mol. The third kappa shape index (κ3) is 6.19. The van der Waals surface area contributed by atoms with Crippen LogP contribution in [-0.2, 0) is 19.6 Å². The van der Waals surface area contributed by atoms with Gasteiger partial charge in [0.25, 0.3) is 5.91 Å². The highest BCUT2D eigenvalue weighted by Gasteiger charge is 2.09. The topological polar surface area (TPSA) is 125 Å². The third-order valence-electron chi connectivity index (χ3n) is 3.20. The maximum Gasteiger partial charge on any atom is 0.325 e. The summed E-state index contributed by atoms with van der Waals surface area (Å²) in [6.07, 6.45) is 0. The standard InChI is InChI=1S/C17H18N2O6S/c18-26(22,23)15-8-6-14(7-9-15)24-10-11-25-16(20)12-19-17(21)13-4-2-1-3-5-13/h1-9H,10-12H2,(H,19,21)(H2,18,22,23). The summed E-state index contributed by atoms with van der Waals surface area (Å²) in [5.41, 5.74) is 0.451. The van der Waals surface area contributed by atoms with Crippen LogP contribution in [0.4, 0.5) is 0 Å². The Bertz CT molecular complexity index is 851. The number of primary sulfonamides is 1. The molecule has 0 bridgehead atoms. The van der Waals surface area contributed by atoms with Crippen LogP contribution < -0.4 is 15.2 Å². The van der Waals surface area contributed by atoms with Crippen molar-refractivity contribution in [1.82, 2.24) is 5.32 Å². The molecule has 8 nitrogen and oxygen atoms in total. The number of carbonyl (C=O) groups is 2. The SMILES string of the molecule is NS(=O)(=O)c1ccc(OCCOC(=O)CNC(=O)c2ccccc2)cc1. The van der Waals surface area contributed by atoms with Crippen LogP contribution in [0.3, 0.4) is 0 Å². The average Bonchev–Trinajstić information content (AvgIpc) is 2.63. The van der Waals surface area contributed by atoms with Crippen LogP contribution in [0.5, 0.6) is 5.75 Å². The van der Waals surface area contributed by atoms with Gasteiger partial charge in [-0.25, -0.2) is 13.6 Å². The molecule has 0 aliphatic heterocycles. The number of hydrogen-bond acceptors (Lipinski definition) is 6. The van der Waals surface area contributed by atoms with Gasteiger partial charge in [-0.2, -0.15) is 0 Å². The minimum absolute atomic E-state index is 0.0169. The molecule has 0 radical (unpaired) electrons. The smallest absolute Gasteiger partial charge is 0.325 e. The van der Waals surface area contributed by atoms with Gasteiger partial charge in [0.1, 0.15) is 25.5 Å². The van der Waals surface area contributed by atoms with Crippen LogP contribution in [0.1, 0.15) is 10.4 Å². The molecule has 0 spiro atoms. The van der Waals surface area contributed by atoms with Crippen LogP contribution in [0, 0.1) is 0 Å². The van der Waals surface area contributed by atoms with Gasteiger partial charge in [-0.15, -0.1) is 0 Å². The van der Waals surface area contributed by atoms with Gasteiger partial charge in [0.05, 0.1) is 4.90 Å². The van der Waals surface area contributed by atoms with Crippen molar-refractivity contribution in [3.63, 3.8) is 0 Å². The second-order valence-electron chi connectivity index (χ2n) is 5.13. The summed E-state index contributed by atoms with van der Waals surface area (Å²) in [5.74, 6) is -0.554. The lowest BCUT2D eigenvalue weighted by atomic mass is 10.2. The molecule has 2 rings (SSSR count). The molecule has 3 N–H and O–H groups in total. The first-order valence-electron chi connectivity index (χ1n) is 7.61. The van der Waals surface area contributed by atoms with E-state index in [9.17, 15) is 18.0 Å². The van der Waals surface area contributed by atoms with Gasteiger partial charge < -0.3 is 14.8 Å². The Hall–Kier alpha value is -2.91. The molecule has 0 saturated heterocycles. The number of nitrogens with one attached hydrogen (secondary N) is 1. The van der Waals surface area contributed by atoms with Gasteiger partial charge in [0.15, 0.2) is 0 Å². The van der Waals surface area contributed by atoms with Gasteiger partial charge in [0, 0.05) is 5.56 Å². The van der Waals surface area contributed by atoms with Crippen LogP contribution >= 0.6 is 0 Å². The second kappa shape index (κ2) is 8.97. The van der Waals surface area contributed by atoms with Crippen LogP contribution in [-0.4, -0.2) is 40.1 Å². The van der Waals surface area contributed by atoms with Crippen molar-refractivity contribution >= 4 is 21.9 Å². The van der Waals surface area contributed by atoms with E-state index < -0.39 is 16.0 Å². The quantitative estimate of drug-likeness (QED) is 0.514. The number of ether oxygens (including phenoxy) is 2. The molecule has 2 aromatic carbocycles. The summed E-state index contributed by atoms with van der Waals surface area (Å²) < 4.78 is 32.5. The molecule has 0 fully saturated rings. The first-order valence-corrected chi connectivity index (χ1v) is 9.15. The number of amides is 1.